The van der Waals surface area contributed by atoms with Gasteiger partial charge in [-0.05, 0) is 31.7 Å². The van der Waals surface area contributed by atoms with Crippen molar-refractivity contribution in [2.24, 2.45) is 0 Å². The first-order valence-electron chi connectivity index (χ1n) is 6.77. The number of aromatic nitrogens is 1. The Bertz CT molecular complexity index is 560. The zero-order valence-electron chi connectivity index (χ0n) is 11.8. The molecule has 1 aromatic carbocycles. The lowest BCUT2D eigenvalue weighted by atomic mass is 10.0. The topological polar surface area (TPSA) is 34.1 Å². The van der Waals surface area contributed by atoms with Gasteiger partial charge in [0.15, 0.2) is 0 Å². The first-order valence-corrected chi connectivity index (χ1v) is 6.77. The fraction of sp³-hybridized carbons (Fsp3) is 0.312. The van der Waals surface area contributed by atoms with Crippen LogP contribution in [-0.2, 0) is 0 Å². The minimum atomic E-state index is -0.329. The molecule has 0 spiro atoms. The Hall–Kier alpha value is -1.94. The predicted octanol–water partition coefficient (Wildman–Crippen LogP) is 3.32. The predicted molar refractivity (Wildman–Crippen MR) is 77.3 cm³/mol. The molecule has 4 heteroatoms. The number of hydrogen-bond acceptors (Lipinski definition) is 3. The molecule has 0 radical (unpaired) electrons. The molecule has 0 aliphatic rings. The van der Waals surface area contributed by atoms with Crippen LogP contribution < -0.4 is 10.1 Å². The summed E-state index contributed by atoms with van der Waals surface area (Å²) in [6.45, 7) is 2.69. The van der Waals surface area contributed by atoms with Crippen molar-refractivity contribution in [1.82, 2.24) is 10.3 Å². The number of benzene rings is 1. The lowest BCUT2D eigenvalue weighted by Crippen LogP contribution is -2.21. The third-order valence-electron chi connectivity index (χ3n) is 3.04. The molecule has 0 bridgehead atoms. The molecule has 0 aliphatic heterocycles. The maximum Gasteiger partial charge on any atom is 0.146 e. The molecule has 1 unspecified atom stereocenters. The van der Waals surface area contributed by atoms with Crippen LogP contribution in [-0.4, -0.2) is 18.6 Å². The van der Waals surface area contributed by atoms with Crippen LogP contribution in [0.15, 0.2) is 42.6 Å². The normalized spacial score (nSPS) is 12.2. The zero-order valence-corrected chi connectivity index (χ0v) is 11.8. The first-order chi connectivity index (χ1) is 9.77. The maximum absolute atomic E-state index is 14.0. The van der Waals surface area contributed by atoms with E-state index in [2.05, 4.69) is 17.2 Å². The molecule has 0 fully saturated rings. The van der Waals surface area contributed by atoms with Crippen molar-refractivity contribution in [2.45, 2.75) is 19.4 Å². The number of halogens is 1. The molecule has 20 heavy (non-hydrogen) atoms. The minimum absolute atomic E-state index is 0.322. The summed E-state index contributed by atoms with van der Waals surface area (Å²) in [6.07, 6.45) is 2.52. The summed E-state index contributed by atoms with van der Waals surface area (Å²) in [7, 11) is 1.79. The minimum Gasteiger partial charge on any atom is -0.493 e. The van der Waals surface area contributed by atoms with Crippen molar-refractivity contribution in [1.29, 1.82) is 0 Å². The van der Waals surface area contributed by atoms with Crippen LogP contribution in [0.4, 0.5) is 4.39 Å². The van der Waals surface area contributed by atoms with E-state index < -0.39 is 0 Å². The lowest BCUT2D eigenvalue weighted by Gasteiger charge is -2.20. The number of rotatable bonds is 6. The molecule has 1 heterocycles. The molecule has 3 nitrogen and oxygen atoms in total. The monoisotopic (exact) mass is 274 g/mol. The van der Waals surface area contributed by atoms with Crippen LogP contribution in [0.2, 0.25) is 0 Å². The SMILES string of the molecule is CCCOc1ccccc1C(NC)c1ncccc1F. The summed E-state index contributed by atoms with van der Waals surface area (Å²) >= 11 is 0. The standard InChI is InChI=1S/C16H19FN2O/c1-3-11-20-14-9-5-4-7-12(14)15(18-2)16-13(17)8-6-10-19-16/h4-10,15,18H,3,11H2,1-2H3. The fourth-order valence-electron chi connectivity index (χ4n) is 2.11. The van der Waals surface area contributed by atoms with E-state index in [4.69, 9.17) is 4.74 Å². The summed E-state index contributed by atoms with van der Waals surface area (Å²) in [5.41, 5.74) is 1.27. The summed E-state index contributed by atoms with van der Waals surface area (Å²) in [4.78, 5) is 4.15. The van der Waals surface area contributed by atoms with E-state index in [1.807, 2.05) is 24.3 Å². The number of nitrogens with one attached hydrogen (secondary N) is 1. The Balaban J connectivity index is 2.39. The van der Waals surface area contributed by atoms with E-state index in [1.54, 1.807) is 19.3 Å². The second-order valence-corrected chi connectivity index (χ2v) is 4.48. The molecular formula is C16H19FN2O. The summed E-state index contributed by atoms with van der Waals surface area (Å²) in [5, 5.41) is 3.11. The molecule has 0 aliphatic carbocycles. The van der Waals surface area contributed by atoms with Crippen molar-refractivity contribution >= 4 is 0 Å². The smallest absolute Gasteiger partial charge is 0.146 e. The van der Waals surface area contributed by atoms with E-state index in [-0.39, 0.29) is 11.9 Å². The van der Waals surface area contributed by atoms with Gasteiger partial charge in [0.05, 0.1) is 18.3 Å². The number of nitrogens with zero attached hydrogens (tertiary/aromatic N) is 1. The van der Waals surface area contributed by atoms with Crippen LogP contribution in [0, 0.1) is 5.82 Å². The van der Waals surface area contributed by atoms with Gasteiger partial charge in [-0.3, -0.25) is 4.98 Å². The van der Waals surface area contributed by atoms with Gasteiger partial charge < -0.3 is 10.1 Å². The van der Waals surface area contributed by atoms with E-state index in [0.717, 1.165) is 17.7 Å². The molecule has 2 aromatic rings. The molecule has 2 rings (SSSR count). The molecule has 0 amide bonds. The summed E-state index contributed by atoms with van der Waals surface area (Å²) in [5.74, 6) is 0.441. The van der Waals surface area contributed by atoms with Gasteiger partial charge in [-0.1, -0.05) is 25.1 Å². The van der Waals surface area contributed by atoms with Crippen LogP contribution in [0.3, 0.4) is 0 Å². The molecule has 1 aromatic heterocycles. The van der Waals surface area contributed by atoms with Gasteiger partial charge in [-0.2, -0.15) is 0 Å². The van der Waals surface area contributed by atoms with Crippen molar-refractivity contribution in [3.8, 4) is 5.75 Å². The maximum atomic E-state index is 14.0. The van der Waals surface area contributed by atoms with E-state index in [9.17, 15) is 4.39 Å². The van der Waals surface area contributed by atoms with Crippen molar-refractivity contribution < 1.29 is 9.13 Å². The highest BCUT2D eigenvalue weighted by Crippen LogP contribution is 2.30. The van der Waals surface area contributed by atoms with Gasteiger partial charge in [0.1, 0.15) is 11.6 Å². The molecule has 1 N–H and O–H groups in total. The summed E-state index contributed by atoms with van der Waals surface area (Å²) in [6, 6.07) is 10.3. The largest absolute Gasteiger partial charge is 0.493 e. The quantitative estimate of drug-likeness (QED) is 0.877. The fourth-order valence-corrected chi connectivity index (χ4v) is 2.11. The average Bonchev–Trinajstić information content (AvgIpc) is 2.49. The Labute approximate surface area is 118 Å². The van der Waals surface area contributed by atoms with Crippen LogP contribution in [0.1, 0.15) is 30.6 Å². The summed E-state index contributed by atoms with van der Waals surface area (Å²) < 4.78 is 19.7. The molecule has 0 saturated heterocycles. The Kier molecular flexibility index (Phi) is 5.07. The van der Waals surface area contributed by atoms with Crippen molar-refractivity contribution in [3.63, 3.8) is 0 Å². The first kappa shape index (κ1) is 14.5. The molecule has 1 atom stereocenters. The highest BCUT2D eigenvalue weighted by atomic mass is 19.1. The molecule has 0 saturated carbocycles. The lowest BCUT2D eigenvalue weighted by molar-refractivity contribution is 0.311. The number of hydrogen-bond donors (Lipinski definition) is 1. The molecule has 106 valence electrons. The van der Waals surface area contributed by atoms with Gasteiger partial charge in [-0.15, -0.1) is 0 Å². The second-order valence-electron chi connectivity index (χ2n) is 4.48. The highest BCUT2D eigenvalue weighted by molar-refractivity contribution is 5.40. The van der Waals surface area contributed by atoms with Gasteiger partial charge in [0, 0.05) is 11.8 Å². The second kappa shape index (κ2) is 7.01. The van der Waals surface area contributed by atoms with Crippen molar-refractivity contribution in [2.75, 3.05) is 13.7 Å². The number of para-hydroxylation sites is 1. The molecular weight excluding hydrogens is 255 g/mol. The highest BCUT2D eigenvalue weighted by Gasteiger charge is 2.20. The number of pyridine rings is 1. The van der Waals surface area contributed by atoms with E-state index >= 15 is 0 Å². The third kappa shape index (κ3) is 3.14. The van der Waals surface area contributed by atoms with E-state index in [0.29, 0.717) is 12.3 Å². The third-order valence-corrected chi connectivity index (χ3v) is 3.04. The Morgan fingerprint density at radius 3 is 2.75 bits per heavy atom. The Morgan fingerprint density at radius 1 is 1.25 bits per heavy atom. The number of ether oxygens (including phenoxy) is 1. The van der Waals surface area contributed by atoms with Gasteiger partial charge >= 0.3 is 0 Å². The Morgan fingerprint density at radius 2 is 2.05 bits per heavy atom. The van der Waals surface area contributed by atoms with E-state index in [1.165, 1.54) is 6.07 Å². The zero-order chi connectivity index (χ0) is 14.4. The van der Waals surface area contributed by atoms with Crippen LogP contribution in [0.25, 0.3) is 0 Å². The van der Waals surface area contributed by atoms with Crippen LogP contribution in [0.5, 0.6) is 5.75 Å². The van der Waals surface area contributed by atoms with Gasteiger partial charge in [-0.25, -0.2) is 4.39 Å². The van der Waals surface area contributed by atoms with Gasteiger partial charge in [0.25, 0.3) is 0 Å². The van der Waals surface area contributed by atoms with Crippen LogP contribution >= 0.6 is 0 Å². The average molecular weight is 274 g/mol. The van der Waals surface area contributed by atoms with Gasteiger partial charge in [0.2, 0.25) is 0 Å². The van der Waals surface area contributed by atoms with Crippen molar-refractivity contribution in [3.05, 3.63) is 59.7 Å².